The summed E-state index contributed by atoms with van der Waals surface area (Å²) in [4.78, 5) is 35.7. The van der Waals surface area contributed by atoms with E-state index in [0.29, 0.717) is 18.4 Å². The maximum atomic E-state index is 12.8. The van der Waals surface area contributed by atoms with Gasteiger partial charge in [0.05, 0.1) is 13.0 Å². The van der Waals surface area contributed by atoms with E-state index in [1.54, 1.807) is 13.0 Å². The molecule has 194 valence electrons. The van der Waals surface area contributed by atoms with Gasteiger partial charge < -0.3 is 19.4 Å². The Morgan fingerprint density at radius 2 is 1.89 bits per heavy atom. The van der Waals surface area contributed by atoms with Crippen LogP contribution in [-0.2, 0) is 0 Å². The second kappa shape index (κ2) is 12.6. The smallest absolute Gasteiger partial charge is 0.408 e. The lowest BCUT2D eigenvalue weighted by molar-refractivity contribution is -0.139. The van der Waals surface area contributed by atoms with E-state index >= 15 is 0 Å². The first-order valence-corrected chi connectivity index (χ1v) is 10.9. The first-order chi connectivity index (χ1) is 16.9. The fourth-order valence-electron chi connectivity index (χ4n) is 3.11. The summed E-state index contributed by atoms with van der Waals surface area (Å²) in [6.07, 6.45) is -1.30. The van der Waals surface area contributed by atoms with Crippen molar-refractivity contribution in [2.45, 2.75) is 45.2 Å². The molecule has 0 fully saturated rings. The molecule has 1 unspecified atom stereocenters. The Hall–Kier alpha value is -4.02. The van der Waals surface area contributed by atoms with Crippen LogP contribution in [0.2, 0.25) is 0 Å². The van der Waals surface area contributed by atoms with Crippen molar-refractivity contribution in [2.75, 3.05) is 6.61 Å². The number of ketones is 1. The molecule has 0 aliphatic rings. The van der Waals surface area contributed by atoms with Crippen LogP contribution >= 0.6 is 0 Å². The van der Waals surface area contributed by atoms with E-state index in [-0.39, 0.29) is 23.0 Å². The van der Waals surface area contributed by atoms with E-state index in [4.69, 9.17) is 14.3 Å². The van der Waals surface area contributed by atoms with Crippen molar-refractivity contribution >= 4 is 18.0 Å². The summed E-state index contributed by atoms with van der Waals surface area (Å²) in [6, 6.07) is 7.18. The number of carboxylic acid groups (broad SMARTS) is 1. The molecule has 0 saturated carbocycles. The minimum absolute atomic E-state index is 0.125. The second-order valence-electron chi connectivity index (χ2n) is 7.97. The predicted octanol–water partition coefficient (Wildman–Crippen LogP) is 5.63. The molecule has 1 heterocycles. The van der Waals surface area contributed by atoms with E-state index < -0.39 is 48.0 Å². The predicted molar refractivity (Wildman–Crippen MR) is 125 cm³/mol. The Labute approximate surface area is 204 Å². The Kier molecular flexibility index (Phi) is 9.89. The van der Waals surface area contributed by atoms with E-state index in [2.05, 4.69) is 5.32 Å². The van der Waals surface area contributed by atoms with Crippen LogP contribution in [0.4, 0.5) is 18.0 Å². The number of aromatic hydroxyl groups is 1. The zero-order valence-corrected chi connectivity index (χ0v) is 19.6. The third-order valence-electron chi connectivity index (χ3n) is 5.03. The van der Waals surface area contributed by atoms with Crippen LogP contribution in [0.25, 0.3) is 6.08 Å². The van der Waals surface area contributed by atoms with Crippen LogP contribution in [0.5, 0.6) is 11.5 Å². The van der Waals surface area contributed by atoms with Crippen molar-refractivity contribution in [3.8, 4) is 11.5 Å². The number of carbonyl (C=O) groups is 2. The first kappa shape index (κ1) is 28.2. The molecule has 1 atom stereocenters. The monoisotopic (exact) mass is 509 g/mol. The van der Waals surface area contributed by atoms with Gasteiger partial charge in [0, 0.05) is 18.2 Å². The summed E-state index contributed by atoms with van der Waals surface area (Å²) in [6.45, 7) is 2.68. The van der Waals surface area contributed by atoms with Gasteiger partial charge in [-0.25, -0.2) is 9.59 Å². The lowest BCUT2D eigenvalue weighted by atomic mass is 9.99. The number of hydrogen-bond donors (Lipinski definition) is 3. The van der Waals surface area contributed by atoms with Crippen LogP contribution in [-0.4, -0.2) is 34.9 Å². The second-order valence-corrected chi connectivity index (χ2v) is 7.97. The summed E-state index contributed by atoms with van der Waals surface area (Å²) < 4.78 is 46.9. The summed E-state index contributed by atoms with van der Waals surface area (Å²) >= 11 is 0. The molecule has 1 amide bonds. The van der Waals surface area contributed by atoms with Gasteiger partial charge in [0.1, 0.15) is 22.8 Å². The number of carbonyl (C=O) groups excluding carboxylic acids is 1. The van der Waals surface area contributed by atoms with Crippen molar-refractivity contribution in [1.29, 1.82) is 0 Å². The lowest BCUT2D eigenvalue weighted by Gasteiger charge is -2.11. The highest BCUT2D eigenvalue weighted by Gasteiger charge is 2.27. The van der Waals surface area contributed by atoms with Gasteiger partial charge in [0.25, 0.3) is 0 Å². The quantitative estimate of drug-likeness (QED) is 0.265. The normalized spacial score (nSPS) is 13.0. The number of Topliss-reactive ketones (excluding diaryl/α,β-unsaturated/α-hetero) is 1. The van der Waals surface area contributed by atoms with Crippen LogP contribution < -0.4 is 15.7 Å². The molecule has 3 N–H and O–H groups in total. The van der Waals surface area contributed by atoms with Crippen molar-refractivity contribution in [1.82, 2.24) is 5.32 Å². The Bertz CT molecular complexity index is 1180. The van der Waals surface area contributed by atoms with Crippen LogP contribution in [0, 0.1) is 0 Å². The Morgan fingerprint density at radius 3 is 2.47 bits per heavy atom. The van der Waals surface area contributed by atoms with Gasteiger partial charge in [-0.15, -0.1) is 0 Å². The molecule has 2 rings (SSSR count). The van der Waals surface area contributed by atoms with Crippen LogP contribution in [0.15, 0.2) is 57.4 Å². The Balaban J connectivity index is 2.07. The number of halogens is 3. The molecule has 0 radical (unpaired) electrons. The highest BCUT2D eigenvalue weighted by Crippen LogP contribution is 2.26. The molecule has 0 spiro atoms. The molecule has 11 heteroatoms. The molecule has 8 nitrogen and oxygen atoms in total. The van der Waals surface area contributed by atoms with Crippen LogP contribution in [0.1, 0.15) is 60.7 Å². The summed E-state index contributed by atoms with van der Waals surface area (Å²) in [5.41, 5.74) is -0.854. The van der Waals surface area contributed by atoms with Crippen molar-refractivity contribution in [2.24, 2.45) is 0 Å². The van der Waals surface area contributed by atoms with Gasteiger partial charge in [0.2, 0.25) is 0 Å². The topological polar surface area (TPSA) is 126 Å². The van der Waals surface area contributed by atoms with Gasteiger partial charge >= 0.3 is 17.9 Å². The van der Waals surface area contributed by atoms with Gasteiger partial charge in [-0.1, -0.05) is 25.1 Å². The molecule has 0 aliphatic carbocycles. The fourth-order valence-corrected chi connectivity index (χ4v) is 3.11. The molecule has 36 heavy (non-hydrogen) atoms. The summed E-state index contributed by atoms with van der Waals surface area (Å²) in [5.74, 6) is -1.15. The minimum Gasteiger partial charge on any atom is -0.507 e. The van der Waals surface area contributed by atoms with E-state index in [9.17, 15) is 32.7 Å². The highest BCUT2D eigenvalue weighted by molar-refractivity contribution is 6.12. The number of allylic oxidation sites excluding steroid dienone is 2. The van der Waals surface area contributed by atoms with Crippen LogP contribution in [0.3, 0.4) is 0 Å². The van der Waals surface area contributed by atoms with Gasteiger partial charge in [-0.05, 0) is 49.1 Å². The molecule has 0 saturated heterocycles. The third-order valence-corrected chi connectivity index (χ3v) is 5.03. The first-order valence-electron chi connectivity index (χ1n) is 10.9. The molecule has 0 aliphatic heterocycles. The third kappa shape index (κ3) is 8.97. The van der Waals surface area contributed by atoms with Crippen molar-refractivity contribution in [3.05, 3.63) is 75.5 Å². The van der Waals surface area contributed by atoms with E-state index in [0.717, 1.165) is 0 Å². The maximum absolute atomic E-state index is 12.8. The van der Waals surface area contributed by atoms with Gasteiger partial charge in [-0.3, -0.25) is 10.1 Å². The van der Waals surface area contributed by atoms with E-state index in [1.807, 2.05) is 0 Å². The fraction of sp³-hybridized carbons (Fsp3) is 0.320. The lowest BCUT2D eigenvalue weighted by Crippen LogP contribution is -2.16. The number of nitrogens with one attached hydrogen (secondary N) is 1. The molecular formula is C25H26F3NO7. The molecule has 0 bridgehead atoms. The molecule has 2 aromatic rings. The molecule has 1 aromatic heterocycles. The number of hydrogen-bond acceptors (Lipinski definition) is 6. The average molecular weight is 509 g/mol. The number of amides is 1. The standard InChI is InChI=1S/C25H26F3NO7/c1-15(5-3-4-11-29-24(33)34)20-14-19(30)21(23(32)36-20)22(31)16(2)13-17-6-8-18(9-7-17)35-12-10-25(26,27)28/h4,6-9,11,13-15,29-30H,3,5,10,12H2,1-2H3,(H,33,34)/b11-4+,16-13?. The average Bonchev–Trinajstić information content (AvgIpc) is 2.78. The Morgan fingerprint density at radius 1 is 1.22 bits per heavy atom. The zero-order chi connectivity index (χ0) is 26.9. The van der Waals surface area contributed by atoms with Crippen molar-refractivity contribution < 1.29 is 42.1 Å². The van der Waals surface area contributed by atoms with Gasteiger partial charge in [0.15, 0.2) is 5.78 Å². The maximum Gasteiger partial charge on any atom is 0.408 e. The molecule has 1 aromatic carbocycles. The summed E-state index contributed by atoms with van der Waals surface area (Å²) in [7, 11) is 0. The zero-order valence-electron chi connectivity index (χ0n) is 19.6. The number of ether oxygens (including phenoxy) is 1. The number of benzene rings is 1. The highest BCUT2D eigenvalue weighted by atomic mass is 19.4. The number of alkyl halides is 3. The van der Waals surface area contributed by atoms with Gasteiger partial charge in [-0.2, -0.15) is 13.2 Å². The van der Waals surface area contributed by atoms with E-state index in [1.165, 1.54) is 49.5 Å². The SMILES string of the molecule is CC(=Cc1ccc(OCCC(F)(F)F)cc1)C(=O)c1c(O)cc(C(C)CC/C=C/NC(=O)O)oc1=O. The summed E-state index contributed by atoms with van der Waals surface area (Å²) in [5, 5.41) is 20.9. The minimum atomic E-state index is -4.31. The number of rotatable bonds is 11. The van der Waals surface area contributed by atoms with Crippen molar-refractivity contribution in [3.63, 3.8) is 0 Å². The molecular weight excluding hydrogens is 483 g/mol. The largest absolute Gasteiger partial charge is 0.507 e.